The number of piperidine rings is 1. The van der Waals surface area contributed by atoms with Crippen molar-refractivity contribution in [1.29, 1.82) is 0 Å². The van der Waals surface area contributed by atoms with Crippen molar-refractivity contribution in [2.45, 2.75) is 25.7 Å². The fourth-order valence-corrected chi connectivity index (χ4v) is 3.49. The van der Waals surface area contributed by atoms with Crippen LogP contribution in [0.15, 0.2) is 48.5 Å². The third kappa shape index (κ3) is 5.81. The van der Waals surface area contributed by atoms with E-state index in [1.54, 1.807) is 18.2 Å². The number of rotatable bonds is 7. The maximum Gasteiger partial charge on any atom is 0.255 e. The quantitative estimate of drug-likeness (QED) is 0.710. The number of anilines is 1. The van der Waals surface area contributed by atoms with Gasteiger partial charge < -0.3 is 15.0 Å². The van der Waals surface area contributed by atoms with Crippen molar-refractivity contribution in [3.8, 4) is 0 Å². The van der Waals surface area contributed by atoms with Gasteiger partial charge in [0, 0.05) is 18.8 Å². The number of carbonyl (C=O) groups is 2. The zero-order valence-corrected chi connectivity index (χ0v) is 16.6. The second-order valence-electron chi connectivity index (χ2n) is 6.88. The second kappa shape index (κ2) is 10.2. The molecule has 0 aromatic heterocycles. The normalized spacial score (nSPS) is 14.0. The van der Waals surface area contributed by atoms with E-state index in [-0.39, 0.29) is 18.4 Å². The van der Waals surface area contributed by atoms with Gasteiger partial charge in [-0.3, -0.25) is 9.59 Å². The predicted octanol–water partition coefficient (Wildman–Crippen LogP) is 4.16. The Bertz CT molecular complexity index is 805. The number of nitrogens with one attached hydrogen (secondary N) is 1. The lowest BCUT2D eigenvalue weighted by atomic mass is 10.1. The maximum absolute atomic E-state index is 12.6. The molecular weight excluding hydrogens is 376 g/mol. The van der Waals surface area contributed by atoms with Crippen molar-refractivity contribution >= 4 is 29.1 Å². The van der Waals surface area contributed by atoms with Crippen molar-refractivity contribution in [2.75, 3.05) is 31.6 Å². The van der Waals surface area contributed by atoms with E-state index < -0.39 is 0 Å². The number of nitrogens with zero attached hydrogens (tertiary/aromatic N) is 1. The molecule has 1 N–H and O–H groups in total. The molecule has 0 saturated carbocycles. The fourth-order valence-electron chi connectivity index (χ4n) is 3.23. The van der Waals surface area contributed by atoms with Crippen LogP contribution in [0, 0.1) is 0 Å². The zero-order valence-electron chi connectivity index (χ0n) is 15.8. The van der Waals surface area contributed by atoms with Crippen LogP contribution in [0.5, 0.6) is 0 Å². The first-order valence-corrected chi connectivity index (χ1v) is 10.0. The molecule has 0 bridgehead atoms. The molecule has 0 radical (unpaired) electrons. The molecule has 1 saturated heterocycles. The van der Waals surface area contributed by atoms with Crippen molar-refractivity contribution in [3.05, 3.63) is 64.7 Å². The molecule has 2 aromatic carbocycles. The molecule has 1 fully saturated rings. The highest BCUT2D eigenvalue weighted by molar-refractivity contribution is 6.34. The minimum Gasteiger partial charge on any atom is -0.371 e. The van der Waals surface area contributed by atoms with Gasteiger partial charge in [0.1, 0.15) is 6.61 Å². The highest BCUT2D eigenvalue weighted by Gasteiger charge is 2.20. The first kappa shape index (κ1) is 20.4. The minimum atomic E-state index is -0.251. The molecule has 0 aliphatic carbocycles. The molecule has 0 unspecified atom stereocenters. The Morgan fingerprint density at radius 2 is 1.79 bits per heavy atom. The van der Waals surface area contributed by atoms with Crippen molar-refractivity contribution in [3.63, 3.8) is 0 Å². The molecule has 2 aromatic rings. The Labute approximate surface area is 170 Å². The Morgan fingerprint density at radius 1 is 1.04 bits per heavy atom. The van der Waals surface area contributed by atoms with Crippen molar-refractivity contribution < 1.29 is 14.3 Å². The predicted molar refractivity (Wildman–Crippen MR) is 111 cm³/mol. The van der Waals surface area contributed by atoms with Crippen molar-refractivity contribution in [2.24, 2.45) is 0 Å². The smallest absolute Gasteiger partial charge is 0.255 e. The van der Waals surface area contributed by atoms with E-state index in [9.17, 15) is 9.59 Å². The monoisotopic (exact) mass is 400 g/mol. The van der Waals surface area contributed by atoms with E-state index in [1.165, 1.54) is 5.56 Å². The summed E-state index contributed by atoms with van der Waals surface area (Å²) in [5, 5.41) is 3.10. The van der Waals surface area contributed by atoms with Gasteiger partial charge in [0.05, 0.1) is 17.2 Å². The number of hydrogen-bond donors (Lipinski definition) is 1. The third-order valence-electron chi connectivity index (χ3n) is 4.74. The first-order chi connectivity index (χ1) is 13.6. The molecule has 148 valence electrons. The van der Waals surface area contributed by atoms with Crippen LogP contribution < -0.4 is 5.32 Å². The average Bonchev–Trinajstić information content (AvgIpc) is 2.72. The highest BCUT2D eigenvalue weighted by atomic mass is 35.5. The van der Waals surface area contributed by atoms with Gasteiger partial charge in [0.2, 0.25) is 5.91 Å². The number of halogens is 1. The van der Waals surface area contributed by atoms with Gasteiger partial charge in [0.15, 0.2) is 0 Å². The molecule has 2 amide bonds. The summed E-state index contributed by atoms with van der Waals surface area (Å²) in [5.41, 5.74) is 2.20. The third-order valence-corrected chi connectivity index (χ3v) is 5.05. The van der Waals surface area contributed by atoms with E-state index in [1.807, 2.05) is 35.2 Å². The number of likely N-dealkylation sites (tertiary alicyclic amines) is 1. The Hall–Kier alpha value is -2.37. The van der Waals surface area contributed by atoms with Gasteiger partial charge >= 0.3 is 0 Å². The summed E-state index contributed by atoms with van der Waals surface area (Å²) in [4.78, 5) is 26.5. The molecule has 1 heterocycles. The van der Waals surface area contributed by atoms with Crippen LogP contribution in [0.2, 0.25) is 5.02 Å². The molecule has 0 atom stereocenters. The SMILES string of the molecule is O=C(COCCc1ccccc1)Nc1ccc(C(=O)N2CCCCC2)c(Cl)c1. The van der Waals surface area contributed by atoms with E-state index in [2.05, 4.69) is 5.32 Å². The molecule has 3 rings (SSSR count). The second-order valence-corrected chi connectivity index (χ2v) is 7.29. The topological polar surface area (TPSA) is 58.6 Å². The van der Waals surface area contributed by atoms with Gasteiger partial charge in [-0.25, -0.2) is 0 Å². The van der Waals surface area contributed by atoms with Crippen LogP contribution in [0.25, 0.3) is 0 Å². The molecule has 1 aliphatic rings. The highest BCUT2D eigenvalue weighted by Crippen LogP contribution is 2.23. The number of amides is 2. The summed E-state index contributed by atoms with van der Waals surface area (Å²) in [6.45, 7) is 1.99. The Balaban J connectivity index is 1.46. The fraction of sp³-hybridized carbons (Fsp3) is 0.364. The number of benzene rings is 2. The van der Waals surface area contributed by atoms with Gasteiger partial charge in [-0.2, -0.15) is 0 Å². The van der Waals surface area contributed by atoms with Crippen LogP contribution in [-0.2, 0) is 16.0 Å². The summed E-state index contributed by atoms with van der Waals surface area (Å²) in [5.74, 6) is -0.300. The summed E-state index contributed by atoms with van der Waals surface area (Å²) < 4.78 is 5.44. The van der Waals surface area contributed by atoms with Crippen LogP contribution in [0.3, 0.4) is 0 Å². The summed E-state index contributed by atoms with van der Waals surface area (Å²) >= 11 is 6.29. The first-order valence-electron chi connectivity index (χ1n) is 9.64. The van der Waals surface area contributed by atoms with E-state index in [4.69, 9.17) is 16.3 Å². The molecule has 0 spiro atoms. The lowest BCUT2D eigenvalue weighted by Gasteiger charge is -2.27. The largest absolute Gasteiger partial charge is 0.371 e. The molecule has 5 nitrogen and oxygen atoms in total. The van der Waals surface area contributed by atoms with Crippen LogP contribution in [0.4, 0.5) is 5.69 Å². The zero-order chi connectivity index (χ0) is 19.8. The van der Waals surface area contributed by atoms with Crippen LogP contribution in [-0.4, -0.2) is 43.0 Å². The maximum atomic E-state index is 12.6. The Kier molecular flexibility index (Phi) is 7.46. The standard InChI is InChI=1S/C22H25ClN2O3/c23-20-15-18(9-10-19(20)22(27)25-12-5-2-6-13-25)24-21(26)16-28-14-11-17-7-3-1-4-8-17/h1,3-4,7-10,15H,2,5-6,11-14,16H2,(H,24,26). The molecule has 1 aliphatic heterocycles. The lowest BCUT2D eigenvalue weighted by Crippen LogP contribution is -2.35. The van der Waals surface area contributed by atoms with Gasteiger partial charge in [0.25, 0.3) is 5.91 Å². The average molecular weight is 401 g/mol. The van der Waals surface area contributed by atoms with Gasteiger partial charge in [-0.05, 0) is 49.4 Å². The van der Waals surface area contributed by atoms with Crippen LogP contribution in [0.1, 0.15) is 35.2 Å². The number of ether oxygens (including phenoxy) is 1. The van der Waals surface area contributed by atoms with Gasteiger partial charge in [-0.15, -0.1) is 0 Å². The molecular formula is C22H25ClN2O3. The molecule has 28 heavy (non-hydrogen) atoms. The van der Waals surface area contributed by atoms with E-state index in [0.29, 0.717) is 22.9 Å². The Morgan fingerprint density at radius 3 is 2.50 bits per heavy atom. The van der Waals surface area contributed by atoms with Crippen LogP contribution >= 0.6 is 11.6 Å². The number of hydrogen-bond acceptors (Lipinski definition) is 3. The number of carbonyl (C=O) groups excluding carboxylic acids is 2. The molecule has 6 heteroatoms. The minimum absolute atomic E-state index is 0.0289. The summed E-state index contributed by atoms with van der Waals surface area (Å²) in [7, 11) is 0. The van der Waals surface area contributed by atoms with E-state index >= 15 is 0 Å². The summed E-state index contributed by atoms with van der Waals surface area (Å²) in [6.07, 6.45) is 3.98. The van der Waals surface area contributed by atoms with Crippen molar-refractivity contribution in [1.82, 2.24) is 4.90 Å². The lowest BCUT2D eigenvalue weighted by molar-refractivity contribution is -0.120. The summed E-state index contributed by atoms with van der Waals surface area (Å²) in [6, 6.07) is 15.0. The van der Waals surface area contributed by atoms with E-state index in [0.717, 1.165) is 38.8 Å². The van der Waals surface area contributed by atoms with Gasteiger partial charge in [-0.1, -0.05) is 41.9 Å².